The third-order valence-corrected chi connectivity index (χ3v) is 4.01. The Labute approximate surface area is 124 Å². The first-order chi connectivity index (χ1) is 10.1. The summed E-state index contributed by atoms with van der Waals surface area (Å²) in [5.74, 6) is 1.19. The Morgan fingerprint density at radius 3 is 2.90 bits per heavy atom. The summed E-state index contributed by atoms with van der Waals surface area (Å²) in [5.41, 5.74) is 3.30. The Morgan fingerprint density at radius 2 is 2.19 bits per heavy atom. The van der Waals surface area contributed by atoms with Crippen LogP contribution in [-0.2, 0) is 4.79 Å². The van der Waals surface area contributed by atoms with Crippen LogP contribution < -0.4 is 0 Å². The number of carbonyl (C=O) groups excluding carboxylic acids is 1. The summed E-state index contributed by atoms with van der Waals surface area (Å²) in [6.45, 7) is 6.44. The molecule has 0 bridgehead atoms. The second-order valence-corrected chi connectivity index (χ2v) is 5.65. The summed E-state index contributed by atoms with van der Waals surface area (Å²) >= 11 is 0. The summed E-state index contributed by atoms with van der Waals surface area (Å²) in [7, 11) is 0. The maximum atomic E-state index is 11.6. The van der Waals surface area contributed by atoms with E-state index >= 15 is 0 Å². The third-order valence-electron chi connectivity index (χ3n) is 4.01. The first-order valence-corrected chi connectivity index (χ1v) is 7.24. The second kappa shape index (κ2) is 5.31. The van der Waals surface area contributed by atoms with Crippen molar-refractivity contribution < 1.29 is 9.32 Å². The van der Waals surface area contributed by atoms with Gasteiger partial charge in [0, 0.05) is 19.0 Å². The molecular formula is C16H19N3O2. The average Bonchev–Trinajstić information content (AvgIpc) is 3.06. The van der Waals surface area contributed by atoms with Crippen LogP contribution in [0.3, 0.4) is 0 Å². The van der Waals surface area contributed by atoms with Crippen molar-refractivity contribution in [2.75, 3.05) is 6.54 Å². The Balaban J connectivity index is 1.91. The molecule has 21 heavy (non-hydrogen) atoms. The summed E-state index contributed by atoms with van der Waals surface area (Å²) in [5, 5.41) is 4.09. The number of likely N-dealkylation sites (tertiary alicyclic amines) is 1. The lowest BCUT2D eigenvalue weighted by molar-refractivity contribution is -0.130. The van der Waals surface area contributed by atoms with Gasteiger partial charge in [0.15, 0.2) is 0 Å². The van der Waals surface area contributed by atoms with Crippen molar-refractivity contribution in [3.05, 3.63) is 35.2 Å². The lowest BCUT2D eigenvalue weighted by Crippen LogP contribution is -2.28. The topological polar surface area (TPSA) is 59.2 Å². The molecule has 0 radical (unpaired) electrons. The number of carbonyl (C=O) groups is 1. The normalized spacial score (nSPS) is 18.2. The molecule has 1 aromatic heterocycles. The summed E-state index contributed by atoms with van der Waals surface area (Å²) < 4.78 is 5.41. The molecule has 0 N–H and O–H groups in total. The molecule has 0 saturated carbocycles. The maximum absolute atomic E-state index is 11.6. The van der Waals surface area contributed by atoms with Crippen LogP contribution in [-0.4, -0.2) is 27.5 Å². The highest BCUT2D eigenvalue weighted by molar-refractivity contribution is 5.74. The summed E-state index contributed by atoms with van der Waals surface area (Å²) in [6.07, 6.45) is 1.86. The number of aromatic nitrogens is 2. The van der Waals surface area contributed by atoms with Crippen LogP contribution in [0.5, 0.6) is 0 Å². The van der Waals surface area contributed by atoms with Crippen LogP contribution in [0.25, 0.3) is 11.4 Å². The van der Waals surface area contributed by atoms with E-state index in [1.165, 1.54) is 5.56 Å². The molecule has 5 nitrogen and oxygen atoms in total. The van der Waals surface area contributed by atoms with Crippen LogP contribution in [0, 0.1) is 13.8 Å². The first kappa shape index (κ1) is 13.8. The van der Waals surface area contributed by atoms with Gasteiger partial charge in [0.05, 0.1) is 0 Å². The van der Waals surface area contributed by atoms with Gasteiger partial charge >= 0.3 is 0 Å². The molecule has 0 spiro atoms. The minimum atomic E-state index is -0.0745. The standard InChI is InChI=1S/C16H19N3O2/c1-10-6-7-13(11(2)9-10)15-17-16(21-18-15)14-5-4-8-19(14)12(3)20/h6-7,9,14H,4-5,8H2,1-3H3/t14-/m0/s1. The van der Waals surface area contributed by atoms with Gasteiger partial charge in [-0.1, -0.05) is 28.9 Å². The van der Waals surface area contributed by atoms with E-state index in [9.17, 15) is 4.79 Å². The fraction of sp³-hybridized carbons (Fsp3) is 0.438. The van der Waals surface area contributed by atoms with Gasteiger partial charge in [-0.25, -0.2) is 0 Å². The Kier molecular flexibility index (Phi) is 3.49. The molecule has 1 fully saturated rings. The van der Waals surface area contributed by atoms with Crippen LogP contribution in [0.2, 0.25) is 0 Å². The van der Waals surface area contributed by atoms with E-state index in [1.54, 1.807) is 11.8 Å². The molecule has 2 aromatic rings. The molecular weight excluding hydrogens is 266 g/mol. The van der Waals surface area contributed by atoms with Crippen LogP contribution >= 0.6 is 0 Å². The highest BCUT2D eigenvalue weighted by Crippen LogP contribution is 2.32. The molecule has 1 aromatic carbocycles. The fourth-order valence-electron chi connectivity index (χ4n) is 2.94. The third kappa shape index (κ3) is 2.55. The predicted molar refractivity (Wildman–Crippen MR) is 78.6 cm³/mol. The lowest BCUT2D eigenvalue weighted by Gasteiger charge is -2.19. The molecule has 1 amide bonds. The van der Waals surface area contributed by atoms with Gasteiger partial charge in [-0.15, -0.1) is 0 Å². The van der Waals surface area contributed by atoms with Gasteiger partial charge in [0.25, 0.3) is 0 Å². The van der Waals surface area contributed by atoms with Crippen molar-refractivity contribution in [2.45, 2.75) is 39.7 Å². The maximum Gasteiger partial charge on any atom is 0.249 e. The van der Waals surface area contributed by atoms with Crippen LogP contribution in [0.1, 0.15) is 42.8 Å². The van der Waals surface area contributed by atoms with Crippen molar-refractivity contribution >= 4 is 5.91 Å². The first-order valence-electron chi connectivity index (χ1n) is 7.24. The quantitative estimate of drug-likeness (QED) is 0.851. The number of rotatable bonds is 2. The smallest absolute Gasteiger partial charge is 0.249 e. The van der Waals surface area contributed by atoms with Gasteiger partial charge in [-0.05, 0) is 32.3 Å². The molecule has 3 rings (SSSR count). The van der Waals surface area contributed by atoms with Gasteiger partial charge in [0.1, 0.15) is 6.04 Å². The summed E-state index contributed by atoms with van der Waals surface area (Å²) in [6, 6.07) is 6.07. The molecule has 2 heterocycles. The highest BCUT2D eigenvalue weighted by atomic mass is 16.5. The zero-order chi connectivity index (χ0) is 15.0. The fourth-order valence-corrected chi connectivity index (χ4v) is 2.94. The molecule has 0 aliphatic carbocycles. The molecule has 0 unspecified atom stereocenters. The Bertz CT molecular complexity index is 678. The van der Waals surface area contributed by atoms with E-state index < -0.39 is 0 Å². The number of hydrogen-bond acceptors (Lipinski definition) is 4. The minimum Gasteiger partial charge on any atom is -0.337 e. The average molecular weight is 285 g/mol. The predicted octanol–water partition coefficient (Wildman–Crippen LogP) is 3.04. The van der Waals surface area contributed by atoms with E-state index in [-0.39, 0.29) is 11.9 Å². The van der Waals surface area contributed by atoms with Crippen LogP contribution in [0.4, 0.5) is 0 Å². The number of aryl methyl sites for hydroxylation is 2. The molecule has 110 valence electrons. The molecule has 1 atom stereocenters. The Morgan fingerprint density at radius 1 is 1.38 bits per heavy atom. The van der Waals surface area contributed by atoms with E-state index in [1.807, 2.05) is 19.1 Å². The van der Waals surface area contributed by atoms with Crippen molar-refractivity contribution in [3.8, 4) is 11.4 Å². The molecule has 1 saturated heterocycles. The number of hydrogen-bond donors (Lipinski definition) is 0. The van der Waals surface area contributed by atoms with Crippen molar-refractivity contribution in [3.63, 3.8) is 0 Å². The molecule has 1 aliphatic heterocycles. The molecule has 5 heteroatoms. The van der Waals surface area contributed by atoms with E-state index in [0.717, 1.165) is 30.5 Å². The number of benzene rings is 1. The number of amides is 1. The van der Waals surface area contributed by atoms with Gasteiger partial charge in [-0.3, -0.25) is 4.79 Å². The SMILES string of the molecule is CC(=O)N1CCC[C@H]1c1nc(-c2ccc(C)cc2C)no1. The lowest BCUT2D eigenvalue weighted by atomic mass is 10.1. The molecule has 1 aliphatic rings. The van der Waals surface area contributed by atoms with Gasteiger partial charge in [0.2, 0.25) is 17.6 Å². The highest BCUT2D eigenvalue weighted by Gasteiger charge is 2.32. The van der Waals surface area contributed by atoms with Gasteiger partial charge < -0.3 is 9.42 Å². The summed E-state index contributed by atoms with van der Waals surface area (Å²) in [4.78, 5) is 18.0. The van der Waals surface area contributed by atoms with Crippen molar-refractivity contribution in [1.29, 1.82) is 0 Å². The zero-order valence-electron chi connectivity index (χ0n) is 12.6. The number of nitrogens with zero attached hydrogens (tertiary/aromatic N) is 3. The van der Waals surface area contributed by atoms with E-state index in [2.05, 4.69) is 23.1 Å². The largest absolute Gasteiger partial charge is 0.337 e. The van der Waals surface area contributed by atoms with Crippen molar-refractivity contribution in [1.82, 2.24) is 15.0 Å². The Hall–Kier alpha value is -2.17. The second-order valence-electron chi connectivity index (χ2n) is 5.65. The minimum absolute atomic E-state index is 0.0590. The van der Waals surface area contributed by atoms with Crippen LogP contribution in [0.15, 0.2) is 22.7 Å². The van der Waals surface area contributed by atoms with E-state index in [4.69, 9.17) is 4.52 Å². The van der Waals surface area contributed by atoms with Gasteiger partial charge in [-0.2, -0.15) is 4.98 Å². The van der Waals surface area contributed by atoms with Crippen molar-refractivity contribution in [2.24, 2.45) is 0 Å². The van der Waals surface area contributed by atoms with E-state index in [0.29, 0.717) is 11.7 Å². The zero-order valence-corrected chi connectivity index (χ0v) is 12.6. The monoisotopic (exact) mass is 285 g/mol.